The summed E-state index contributed by atoms with van der Waals surface area (Å²) in [5, 5.41) is 3.04. The molecule has 0 radical (unpaired) electrons. The fraction of sp³-hybridized carbons (Fsp3) is 0.333. The van der Waals surface area contributed by atoms with Crippen molar-refractivity contribution in [1.82, 2.24) is 10.2 Å². The van der Waals surface area contributed by atoms with Crippen LogP contribution in [-0.4, -0.2) is 35.9 Å². The molecule has 36 heavy (non-hydrogen) atoms. The lowest BCUT2D eigenvalue weighted by molar-refractivity contribution is -0.142. The fourth-order valence-corrected chi connectivity index (χ4v) is 4.44. The van der Waals surface area contributed by atoms with Crippen molar-refractivity contribution in [2.75, 3.05) is 13.2 Å². The number of carbonyl (C=O) groups excluding carboxylic acids is 2. The number of amides is 2. The second-order valence-corrected chi connectivity index (χ2v) is 9.90. The van der Waals surface area contributed by atoms with Gasteiger partial charge in [-0.05, 0) is 60.7 Å². The molecule has 0 fully saturated rings. The van der Waals surface area contributed by atoms with Crippen molar-refractivity contribution in [2.45, 2.75) is 52.6 Å². The summed E-state index contributed by atoms with van der Waals surface area (Å²) < 4.78 is 6.89. The maximum Gasteiger partial charge on any atom is 0.261 e. The molecule has 0 unspecified atom stereocenters. The fourth-order valence-electron chi connectivity index (χ4n) is 4.00. The SMILES string of the molecule is CCCCNC(=O)[C@@H](Cc1ccccc1)N(Cc1cccc(Br)c1)C(=O)COc1cccc(C)c1C. The zero-order valence-electron chi connectivity index (χ0n) is 21.3. The minimum absolute atomic E-state index is 0.147. The van der Waals surface area contributed by atoms with E-state index in [1.165, 1.54) is 0 Å². The van der Waals surface area contributed by atoms with Crippen LogP contribution in [-0.2, 0) is 22.6 Å². The molecule has 2 amide bonds. The zero-order valence-corrected chi connectivity index (χ0v) is 22.9. The minimum atomic E-state index is -0.669. The highest BCUT2D eigenvalue weighted by Crippen LogP contribution is 2.22. The van der Waals surface area contributed by atoms with Crippen molar-refractivity contribution >= 4 is 27.7 Å². The highest BCUT2D eigenvalue weighted by Gasteiger charge is 2.30. The highest BCUT2D eigenvalue weighted by molar-refractivity contribution is 9.10. The number of nitrogens with zero attached hydrogens (tertiary/aromatic N) is 1. The van der Waals surface area contributed by atoms with Crippen LogP contribution in [0.1, 0.15) is 42.0 Å². The third-order valence-corrected chi connectivity index (χ3v) is 6.74. The van der Waals surface area contributed by atoms with E-state index in [0.717, 1.165) is 39.6 Å². The monoisotopic (exact) mass is 550 g/mol. The van der Waals surface area contributed by atoms with Gasteiger partial charge in [-0.3, -0.25) is 9.59 Å². The lowest BCUT2D eigenvalue weighted by Gasteiger charge is -2.31. The number of hydrogen-bond acceptors (Lipinski definition) is 3. The molecule has 0 aromatic heterocycles. The number of nitrogens with one attached hydrogen (secondary N) is 1. The Kier molecular flexibility index (Phi) is 10.6. The van der Waals surface area contributed by atoms with Crippen LogP contribution in [0, 0.1) is 13.8 Å². The molecule has 3 rings (SSSR count). The first kappa shape index (κ1) is 27.5. The smallest absolute Gasteiger partial charge is 0.261 e. The summed E-state index contributed by atoms with van der Waals surface area (Å²) in [5.41, 5.74) is 4.03. The molecule has 0 aliphatic carbocycles. The molecule has 0 heterocycles. The van der Waals surface area contributed by atoms with Gasteiger partial charge in [0, 0.05) is 24.0 Å². The molecule has 0 aliphatic rings. The van der Waals surface area contributed by atoms with Gasteiger partial charge in [0.15, 0.2) is 6.61 Å². The molecule has 0 saturated carbocycles. The van der Waals surface area contributed by atoms with Gasteiger partial charge < -0.3 is 15.0 Å². The van der Waals surface area contributed by atoms with Crippen LogP contribution in [0.5, 0.6) is 5.75 Å². The Labute approximate surface area is 223 Å². The molecule has 0 spiro atoms. The third kappa shape index (κ3) is 7.95. The van der Waals surface area contributed by atoms with Gasteiger partial charge in [0.1, 0.15) is 11.8 Å². The second-order valence-electron chi connectivity index (χ2n) is 8.99. The highest BCUT2D eigenvalue weighted by atomic mass is 79.9. The van der Waals surface area contributed by atoms with Gasteiger partial charge in [0.25, 0.3) is 5.91 Å². The van der Waals surface area contributed by atoms with Gasteiger partial charge >= 0.3 is 0 Å². The number of carbonyl (C=O) groups is 2. The average molecular weight is 552 g/mol. The first-order valence-electron chi connectivity index (χ1n) is 12.4. The van der Waals surface area contributed by atoms with Gasteiger partial charge in [0.05, 0.1) is 0 Å². The van der Waals surface area contributed by atoms with Crippen molar-refractivity contribution in [3.8, 4) is 5.75 Å². The van der Waals surface area contributed by atoms with Crippen LogP contribution in [0.25, 0.3) is 0 Å². The molecular weight excluding hydrogens is 516 g/mol. The van der Waals surface area contributed by atoms with E-state index in [9.17, 15) is 9.59 Å². The number of benzene rings is 3. The topological polar surface area (TPSA) is 58.6 Å². The number of rotatable bonds is 12. The van der Waals surface area contributed by atoms with Crippen molar-refractivity contribution in [3.63, 3.8) is 0 Å². The molecule has 3 aromatic rings. The molecule has 0 bridgehead atoms. The Morgan fingerprint density at radius 2 is 1.69 bits per heavy atom. The van der Waals surface area contributed by atoms with Gasteiger partial charge in [-0.2, -0.15) is 0 Å². The first-order chi connectivity index (χ1) is 17.4. The lowest BCUT2D eigenvalue weighted by Crippen LogP contribution is -2.51. The molecule has 1 atom stereocenters. The largest absolute Gasteiger partial charge is 0.483 e. The van der Waals surface area contributed by atoms with E-state index in [1.54, 1.807) is 4.90 Å². The Balaban J connectivity index is 1.90. The lowest BCUT2D eigenvalue weighted by atomic mass is 10.0. The number of unbranched alkanes of at least 4 members (excludes halogenated alkanes) is 1. The van der Waals surface area contributed by atoms with E-state index < -0.39 is 6.04 Å². The summed E-state index contributed by atoms with van der Waals surface area (Å²) in [6, 6.07) is 22.8. The Morgan fingerprint density at radius 3 is 2.42 bits per heavy atom. The van der Waals surface area contributed by atoms with Crippen molar-refractivity contribution in [2.24, 2.45) is 0 Å². The molecule has 1 N–H and O–H groups in total. The molecule has 5 nitrogen and oxygen atoms in total. The third-order valence-electron chi connectivity index (χ3n) is 6.25. The second kappa shape index (κ2) is 13.8. The Morgan fingerprint density at radius 1 is 0.972 bits per heavy atom. The standard InChI is InChI=1S/C30H35BrN2O3/c1-4-5-17-32-30(35)27(19-24-12-7-6-8-13-24)33(20-25-14-10-15-26(31)18-25)29(34)21-36-28-16-9-11-22(2)23(28)3/h6-16,18,27H,4-5,17,19-21H2,1-3H3,(H,32,35)/t27-/m1/s1. The van der Waals surface area contributed by atoms with E-state index >= 15 is 0 Å². The molecule has 0 saturated heterocycles. The zero-order chi connectivity index (χ0) is 25.9. The van der Waals surface area contributed by atoms with Crippen molar-refractivity contribution < 1.29 is 14.3 Å². The van der Waals surface area contributed by atoms with E-state index in [1.807, 2.05) is 86.6 Å². The van der Waals surface area contributed by atoms with Gasteiger partial charge in [0.2, 0.25) is 5.91 Å². The predicted molar refractivity (Wildman–Crippen MR) is 148 cm³/mol. The molecule has 0 aliphatic heterocycles. The van der Waals surface area contributed by atoms with Gasteiger partial charge in [-0.25, -0.2) is 0 Å². The van der Waals surface area contributed by atoms with E-state index in [0.29, 0.717) is 25.3 Å². The van der Waals surface area contributed by atoms with E-state index in [4.69, 9.17) is 4.74 Å². The predicted octanol–water partition coefficient (Wildman–Crippen LogP) is 6.00. The Bertz CT molecular complexity index is 1150. The summed E-state index contributed by atoms with van der Waals surface area (Å²) in [5.74, 6) is 0.294. The van der Waals surface area contributed by atoms with Crippen LogP contribution in [0.15, 0.2) is 77.3 Å². The van der Waals surface area contributed by atoms with Crippen molar-refractivity contribution in [1.29, 1.82) is 0 Å². The summed E-state index contributed by atoms with van der Waals surface area (Å²) in [4.78, 5) is 28.8. The summed E-state index contributed by atoms with van der Waals surface area (Å²) in [7, 11) is 0. The van der Waals surface area contributed by atoms with Crippen LogP contribution < -0.4 is 10.1 Å². The molecular formula is C30H35BrN2O3. The van der Waals surface area contributed by atoms with Crippen LogP contribution in [0.2, 0.25) is 0 Å². The van der Waals surface area contributed by atoms with Crippen LogP contribution in [0.4, 0.5) is 0 Å². The van der Waals surface area contributed by atoms with Crippen LogP contribution in [0.3, 0.4) is 0 Å². The van der Waals surface area contributed by atoms with E-state index in [-0.39, 0.29) is 18.4 Å². The maximum atomic E-state index is 13.7. The van der Waals surface area contributed by atoms with Crippen molar-refractivity contribution in [3.05, 3.63) is 99.5 Å². The van der Waals surface area contributed by atoms with E-state index in [2.05, 4.69) is 28.2 Å². The number of hydrogen-bond donors (Lipinski definition) is 1. The number of aryl methyl sites for hydroxylation is 1. The normalized spacial score (nSPS) is 11.6. The molecule has 190 valence electrons. The molecule has 6 heteroatoms. The van der Waals surface area contributed by atoms with Crippen LogP contribution >= 0.6 is 15.9 Å². The Hall–Kier alpha value is -3.12. The van der Waals surface area contributed by atoms with Gasteiger partial charge in [-0.15, -0.1) is 0 Å². The van der Waals surface area contributed by atoms with Gasteiger partial charge in [-0.1, -0.05) is 83.9 Å². The maximum absolute atomic E-state index is 13.7. The number of ether oxygens (including phenoxy) is 1. The average Bonchev–Trinajstić information content (AvgIpc) is 2.87. The quantitative estimate of drug-likeness (QED) is 0.281. The summed E-state index contributed by atoms with van der Waals surface area (Å²) in [6.07, 6.45) is 2.29. The molecule has 3 aromatic carbocycles. The minimum Gasteiger partial charge on any atom is -0.483 e. The number of halogens is 1. The first-order valence-corrected chi connectivity index (χ1v) is 13.2. The summed E-state index contributed by atoms with van der Waals surface area (Å²) in [6.45, 7) is 6.81. The summed E-state index contributed by atoms with van der Waals surface area (Å²) >= 11 is 3.52.